The van der Waals surface area contributed by atoms with E-state index in [2.05, 4.69) is 100 Å². The van der Waals surface area contributed by atoms with Gasteiger partial charge in [-0.3, -0.25) is 0 Å². The molecular formula is C36H46O2S2. The molecule has 2 aromatic carbocycles. The molecule has 0 N–H and O–H groups in total. The van der Waals surface area contributed by atoms with Gasteiger partial charge in [-0.15, -0.1) is 22.7 Å². The third-order valence-electron chi connectivity index (χ3n) is 7.51. The summed E-state index contributed by atoms with van der Waals surface area (Å²) >= 11 is 3.71. The van der Waals surface area contributed by atoms with Crippen LogP contribution in [0, 0.1) is 0 Å². The first kappa shape index (κ1) is 30.4. The summed E-state index contributed by atoms with van der Waals surface area (Å²) in [6.07, 6.45) is 12.6. The molecule has 4 heteroatoms. The lowest BCUT2D eigenvalue weighted by atomic mass is 10.1. The minimum atomic E-state index is 0.311. The molecule has 2 aromatic heterocycles. The Balaban J connectivity index is 1.36. The maximum absolute atomic E-state index is 6.27. The predicted molar refractivity (Wildman–Crippen MR) is 176 cm³/mol. The molecule has 0 aliphatic heterocycles. The van der Waals surface area contributed by atoms with Crippen molar-refractivity contribution in [2.45, 2.75) is 104 Å². The lowest BCUT2D eigenvalue weighted by Gasteiger charge is -2.17. The summed E-state index contributed by atoms with van der Waals surface area (Å²) < 4.78 is 12.5. The summed E-state index contributed by atoms with van der Waals surface area (Å²) in [5.41, 5.74) is 2.49. The predicted octanol–water partition coefficient (Wildman–Crippen LogP) is 12.3. The van der Waals surface area contributed by atoms with Crippen molar-refractivity contribution >= 4 is 22.7 Å². The van der Waals surface area contributed by atoms with Crippen molar-refractivity contribution in [1.82, 2.24) is 0 Å². The smallest absolute Gasteiger partial charge is 0.119 e. The lowest BCUT2D eigenvalue weighted by molar-refractivity contribution is 0.182. The molecule has 0 aliphatic carbocycles. The maximum Gasteiger partial charge on any atom is 0.119 e. The second-order valence-electron chi connectivity index (χ2n) is 10.7. The van der Waals surface area contributed by atoms with E-state index in [0.29, 0.717) is 12.2 Å². The van der Waals surface area contributed by atoms with Crippen LogP contribution in [0.5, 0.6) is 11.5 Å². The van der Waals surface area contributed by atoms with Gasteiger partial charge in [0.15, 0.2) is 0 Å². The number of thiophene rings is 2. The molecule has 2 heterocycles. The number of unbranched alkanes of at least 4 members (excludes halogenated alkanes) is 4. The molecule has 0 bridgehead atoms. The van der Waals surface area contributed by atoms with Crippen molar-refractivity contribution in [3.8, 4) is 42.1 Å². The third-order valence-corrected chi connectivity index (χ3v) is 9.97. The standard InChI is InChI=1S/C36H46O2S2/c1-5-9-11-13-29(7-3)37-31-19-15-27(16-20-31)33-23-25-35(39-33)36-26-24-34(40-36)28-17-21-32(22-18-28)38-30(8-4)14-12-10-6-2/h15-26,29-30H,5-14H2,1-4H3. The zero-order valence-electron chi connectivity index (χ0n) is 24.8. The van der Waals surface area contributed by atoms with Gasteiger partial charge in [0.1, 0.15) is 11.5 Å². The molecule has 0 fully saturated rings. The van der Waals surface area contributed by atoms with E-state index in [1.807, 2.05) is 22.7 Å². The van der Waals surface area contributed by atoms with Gasteiger partial charge in [0.05, 0.1) is 12.2 Å². The van der Waals surface area contributed by atoms with Crippen LogP contribution >= 0.6 is 22.7 Å². The van der Waals surface area contributed by atoms with Gasteiger partial charge < -0.3 is 9.47 Å². The van der Waals surface area contributed by atoms with E-state index in [1.165, 1.54) is 69.2 Å². The first-order chi connectivity index (χ1) is 19.6. The lowest BCUT2D eigenvalue weighted by Crippen LogP contribution is -2.15. The maximum atomic E-state index is 6.27. The molecule has 4 rings (SSSR count). The van der Waals surface area contributed by atoms with Crippen molar-refractivity contribution in [3.63, 3.8) is 0 Å². The quantitative estimate of drug-likeness (QED) is 0.117. The molecule has 0 saturated heterocycles. The van der Waals surface area contributed by atoms with Crippen LogP contribution in [0.25, 0.3) is 30.6 Å². The highest BCUT2D eigenvalue weighted by atomic mass is 32.1. The topological polar surface area (TPSA) is 18.5 Å². The van der Waals surface area contributed by atoms with Crippen LogP contribution in [0.3, 0.4) is 0 Å². The van der Waals surface area contributed by atoms with E-state index in [1.54, 1.807) is 0 Å². The Hall–Kier alpha value is -2.56. The molecule has 0 aliphatic rings. The highest BCUT2D eigenvalue weighted by Crippen LogP contribution is 2.41. The fraction of sp³-hybridized carbons (Fsp3) is 0.444. The van der Waals surface area contributed by atoms with Gasteiger partial charge in [0.2, 0.25) is 0 Å². The third kappa shape index (κ3) is 8.72. The molecule has 0 spiro atoms. The van der Waals surface area contributed by atoms with Crippen LogP contribution in [-0.4, -0.2) is 12.2 Å². The van der Waals surface area contributed by atoms with E-state index in [-0.39, 0.29) is 0 Å². The average Bonchev–Trinajstić information content (AvgIpc) is 3.68. The molecule has 0 amide bonds. The first-order valence-corrected chi connectivity index (χ1v) is 17.0. The van der Waals surface area contributed by atoms with Gasteiger partial charge in [0, 0.05) is 19.5 Å². The minimum absolute atomic E-state index is 0.311. The van der Waals surface area contributed by atoms with E-state index < -0.39 is 0 Å². The van der Waals surface area contributed by atoms with Gasteiger partial charge in [-0.1, -0.05) is 53.4 Å². The van der Waals surface area contributed by atoms with E-state index >= 15 is 0 Å². The summed E-state index contributed by atoms with van der Waals surface area (Å²) in [5.74, 6) is 1.95. The first-order valence-electron chi connectivity index (χ1n) is 15.4. The van der Waals surface area contributed by atoms with Crippen molar-refractivity contribution in [3.05, 3.63) is 72.8 Å². The molecule has 40 heavy (non-hydrogen) atoms. The normalized spacial score (nSPS) is 12.8. The summed E-state index contributed by atoms with van der Waals surface area (Å²) in [7, 11) is 0. The molecule has 2 atom stereocenters. The minimum Gasteiger partial charge on any atom is -0.490 e. The van der Waals surface area contributed by atoms with Crippen LogP contribution in [0.15, 0.2) is 72.8 Å². The molecule has 2 nitrogen and oxygen atoms in total. The number of hydrogen-bond donors (Lipinski definition) is 0. The van der Waals surface area contributed by atoms with Crippen LogP contribution in [0.2, 0.25) is 0 Å². The van der Waals surface area contributed by atoms with Crippen molar-refractivity contribution in [1.29, 1.82) is 0 Å². The second kappa shape index (κ2) is 16.0. The molecule has 2 unspecified atom stereocenters. The Morgan fingerprint density at radius 3 is 1.20 bits per heavy atom. The Morgan fingerprint density at radius 1 is 0.475 bits per heavy atom. The van der Waals surface area contributed by atoms with E-state index in [0.717, 1.165) is 37.2 Å². The number of rotatable bonds is 17. The fourth-order valence-electron chi connectivity index (χ4n) is 4.97. The summed E-state index contributed by atoms with van der Waals surface area (Å²) in [6, 6.07) is 26.3. The molecule has 4 aromatic rings. The van der Waals surface area contributed by atoms with Crippen LogP contribution in [0.4, 0.5) is 0 Å². The molecule has 214 valence electrons. The second-order valence-corrected chi connectivity index (χ2v) is 12.8. The molecule has 0 radical (unpaired) electrons. The Morgan fingerprint density at radius 2 is 0.850 bits per heavy atom. The van der Waals surface area contributed by atoms with Crippen LogP contribution < -0.4 is 9.47 Å². The van der Waals surface area contributed by atoms with Crippen LogP contribution in [-0.2, 0) is 0 Å². The van der Waals surface area contributed by atoms with Gasteiger partial charge in [-0.2, -0.15) is 0 Å². The number of ether oxygens (including phenoxy) is 2. The Bertz CT molecular complexity index is 1150. The van der Waals surface area contributed by atoms with Gasteiger partial charge in [-0.25, -0.2) is 0 Å². The molecular weight excluding hydrogens is 529 g/mol. The van der Waals surface area contributed by atoms with Gasteiger partial charge >= 0.3 is 0 Å². The average molecular weight is 575 g/mol. The van der Waals surface area contributed by atoms with E-state index in [4.69, 9.17) is 9.47 Å². The van der Waals surface area contributed by atoms with Crippen molar-refractivity contribution in [2.24, 2.45) is 0 Å². The Labute approximate surface area is 250 Å². The fourth-order valence-corrected chi connectivity index (χ4v) is 7.08. The SMILES string of the molecule is CCCCCC(CC)Oc1ccc(-c2ccc(-c3ccc(-c4ccc(OC(CC)CCCCC)cc4)s3)s2)cc1. The van der Waals surface area contributed by atoms with Crippen molar-refractivity contribution in [2.75, 3.05) is 0 Å². The summed E-state index contributed by atoms with van der Waals surface area (Å²) in [4.78, 5) is 5.20. The summed E-state index contributed by atoms with van der Waals surface area (Å²) in [5, 5.41) is 0. The number of benzene rings is 2. The highest BCUT2D eigenvalue weighted by Gasteiger charge is 2.12. The largest absolute Gasteiger partial charge is 0.490 e. The molecule has 0 saturated carbocycles. The highest BCUT2D eigenvalue weighted by molar-refractivity contribution is 7.25. The van der Waals surface area contributed by atoms with E-state index in [9.17, 15) is 0 Å². The van der Waals surface area contributed by atoms with Gasteiger partial charge in [-0.05, 0) is 122 Å². The zero-order valence-corrected chi connectivity index (χ0v) is 26.4. The monoisotopic (exact) mass is 574 g/mol. The van der Waals surface area contributed by atoms with Crippen LogP contribution in [0.1, 0.15) is 91.9 Å². The zero-order chi connectivity index (χ0) is 28.2. The number of hydrogen-bond acceptors (Lipinski definition) is 4. The van der Waals surface area contributed by atoms with Gasteiger partial charge in [0.25, 0.3) is 0 Å². The summed E-state index contributed by atoms with van der Waals surface area (Å²) in [6.45, 7) is 8.94. The Kier molecular flexibility index (Phi) is 12.2. The van der Waals surface area contributed by atoms with Crippen molar-refractivity contribution < 1.29 is 9.47 Å².